The van der Waals surface area contributed by atoms with Crippen LogP contribution in [0, 0.1) is 5.92 Å². The number of amides is 1. The summed E-state index contributed by atoms with van der Waals surface area (Å²) < 4.78 is 5.49. The van der Waals surface area contributed by atoms with Crippen molar-refractivity contribution in [1.82, 2.24) is 10.2 Å². The van der Waals surface area contributed by atoms with Crippen molar-refractivity contribution in [2.75, 3.05) is 33.8 Å². The Balaban J connectivity index is 2.46. The number of nitrogens with zero attached hydrogens (tertiary/aromatic N) is 1. The third-order valence-electron chi connectivity index (χ3n) is 4.30. The summed E-state index contributed by atoms with van der Waals surface area (Å²) in [5, 5.41) is 3.02. The van der Waals surface area contributed by atoms with Crippen LogP contribution in [0.25, 0.3) is 0 Å². The standard InChI is InChI=1S/C13H27N3O2/c1-10-5-7-16(9-11(10)18-4)8-6-13(2,15-3)12(14)17/h10-11,15H,5-9H2,1-4H3,(H2,14,17). The zero-order valence-electron chi connectivity index (χ0n) is 12.0. The lowest BCUT2D eigenvalue weighted by molar-refractivity contribution is -0.124. The maximum Gasteiger partial charge on any atom is 0.237 e. The van der Waals surface area contributed by atoms with E-state index in [0.29, 0.717) is 12.0 Å². The molecule has 18 heavy (non-hydrogen) atoms. The van der Waals surface area contributed by atoms with Gasteiger partial charge in [0.2, 0.25) is 5.91 Å². The normalized spacial score (nSPS) is 28.9. The molecule has 1 aliphatic heterocycles. The highest BCUT2D eigenvalue weighted by Gasteiger charge is 2.31. The van der Waals surface area contributed by atoms with E-state index in [1.165, 1.54) is 0 Å². The lowest BCUT2D eigenvalue weighted by Gasteiger charge is -2.37. The van der Waals surface area contributed by atoms with Crippen LogP contribution in [-0.4, -0.2) is 56.2 Å². The van der Waals surface area contributed by atoms with Crippen LogP contribution in [0.4, 0.5) is 0 Å². The van der Waals surface area contributed by atoms with Crippen molar-refractivity contribution >= 4 is 5.91 Å². The van der Waals surface area contributed by atoms with Crippen LogP contribution in [0.5, 0.6) is 0 Å². The Labute approximate surface area is 110 Å². The number of nitrogens with two attached hydrogens (primary N) is 1. The SMILES string of the molecule is CNC(C)(CCN1CCC(C)C(OC)C1)C(N)=O. The predicted molar refractivity (Wildman–Crippen MR) is 72.3 cm³/mol. The summed E-state index contributed by atoms with van der Waals surface area (Å²) in [6.07, 6.45) is 2.17. The van der Waals surface area contributed by atoms with E-state index in [-0.39, 0.29) is 5.91 Å². The van der Waals surface area contributed by atoms with E-state index < -0.39 is 5.54 Å². The first kappa shape index (κ1) is 15.4. The molecule has 3 N–H and O–H groups in total. The number of primary amides is 1. The second kappa shape index (κ2) is 6.50. The largest absolute Gasteiger partial charge is 0.380 e. The Morgan fingerprint density at radius 2 is 2.28 bits per heavy atom. The molecule has 3 unspecified atom stereocenters. The van der Waals surface area contributed by atoms with Crippen LogP contribution < -0.4 is 11.1 Å². The molecule has 1 saturated heterocycles. The van der Waals surface area contributed by atoms with E-state index in [0.717, 1.165) is 32.5 Å². The molecule has 1 fully saturated rings. The van der Waals surface area contributed by atoms with Gasteiger partial charge in [-0.3, -0.25) is 4.79 Å². The van der Waals surface area contributed by atoms with Gasteiger partial charge in [-0.15, -0.1) is 0 Å². The fourth-order valence-corrected chi connectivity index (χ4v) is 2.36. The molecule has 3 atom stereocenters. The molecule has 1 aliphatic rings. The molecule has 5 heteroatoms. The smallest absolute Gasteiger partial charge is 0.237 e. The monoisotopic (exact) mass is 257 g/mol. The first-order chi connectivity index (χ1) is 8.42. The molecule has 0 radical (unpaired) electrons. The molecule has 0 bridgehead atoms. The highest BCUT2D eigenvalue weighted by atomic mass is 16.5. The number of nitrogens with one attached hydrogen (secondary N) is 1. The van der Waals surface area contributed by atoms with E-state index in [9.17, 15) is 4.79 Å². The molecule has 0 spiro atoms. The number of ether oxygens (including phenoxy) is 1. The third-order valence-corrected chi connectivity index (χ3v) is 4.30. The van der Waals surface area contributed by atoms with E-state index in [1.54, 1.807) is 14.2 Å². The Morgan fingerprint density at radius 3 is 2.78 bits per heavy atom. The molecule has 0 saturated carbocycles. The fourth-order valence-electron chi connectivity index (χ4n) is 2.36. The Bertz CT molecular complexity index is 285. The lowest BCUT2D eigenvalue weighted by atomic mass is 9.93. The number of hydrogen-bond donors (Lipinski definition) is 2. The molecule has 0 aromatic heterocycles. The van der Waals surface area contributed by atoms with Crippen LogP contribution in [0.1, 0.15) is 26.7 Å². The maximum absolute atomic E-state index is 11.4. The molecule has 1 rings (SSSR count). The zero-order valence-corrected chi connectivity index (χ0v) is 12.0. The molecular formula is C13H27N3O2. The van der Waals surface area contributed by atoms with Gasteiger partial charge < -0.3 is 20.7 Å². The summed E-state index contributed by atoms with van der Waals surface area (Å²) in [4.78, 5) is 13.8. The highest BCUT2D eigenvalue weighted by Crippen LogP contribution is 2.20. The Hall–Kier alpha value is -0.650. The average Bonchev–Trinajstić information content (AvgIpc) is 2.37. The van der Waals surface area contributed by atoms with Gasteiger partial charge in [0, 0.05) is 20.2 Å². The number of carbonyl (C=O) groups is 1. The van der Waals surface area contributed by atoms with E-state index in [2.05, 4.69) is 17.1 Å². The van der Waals surface area contributed by atoms with Crippen molar-refractivity contribution < 1.29 is 9.53 Å². The summed E-state index contributed by atoms with van der Waals surface area (Å²) in [7, 11) is 3.55. The number of likely N-dealkylation sites (N-methyl/N-ethyl adjacent to an activating group) is 1. The molecule has 1 heterocycles. The molecule has 0 aliphatic carbocycles. The molecule has 106 valence electrons. The number of likely N-dealkylation sites (tertiary alicyclic amines) is 1. The van der Waals surface area contributed by atoms with Gasteiger partial charge in [-0.1, -0.05) is 6.92 Å². The van der Waals surface area contributed by atoms with Crippen LogP contribution in [0.2, 0.25) is 0 Å². The topological polar surface area (TPSA) is 67.6 Å². The zero-order chi connectivity index (χ0) is 13.8. The number of methoxy groups -OCH3 is 1. The number of piperidine rings is 1. The van der Waals surface area contributed by atoms with Gasteiger partial charge in [-0.2, -0.15) is 0 Å². The fraction of sp³-hybridized carbons (Fsp3) is 0.923. The van der Waals surface area contributed by atoms with E-state index in [1.807, 2.05) is 6.92 Å². The van der Waals surface area contributed by atoms with Crippen molar-refractivity contribution in [2.24, 2.45) is 11.7 Å². The van der Waals surface area contributed by atoms with Crippen molar-refractivity contribution in [3.8, 4) is 0 Å². The average molecular weight is 257 g/mol. The van der Waals surface area contributed by atoms with E-state index >= 15 is 0 Å². The summed E-state index contributed by atoms with van der Waals surface area (Å²) in [6.45, 7) is 6.96. The van der Waals surface area contributed by atoms with Gasteiger partial charge in [-0.05, 0) is 39.3 Å². The Kier molecular flexibility index (Phi) is 5.56. The lowest BCUT2D eigenvalue weighted by Crippen LogP contribution is -2.54. The second-order valence-electron chi connectivity index (χ2n) is 5.54. The van der Waals surface area contributed by atoms with Crippen LogP contribution in [0.15, 0.2) is 0 Å². The van der Waals surface area contributed by atoms with Crippen molar-refractivity contribution in [2.45, 2.75) is 38.3 Å². The quantitative estimate of drug-likeness (QED) is 0.713. The Morgan fingerprint density at radius 1 is 1.61 bits per heavy atom. The summed E-state index contributed by atoms with van der Waals surface area (Å²) in [5.41, 5.74) is 4.81. The van der Waals surface area contributed by atoms with Crippen LogP contribution in [0.3, 0.4) is 0 Å². The number of carbonyl (C=O) groups excluding carboxylic acids is 1. The van der Waals surface area contributed by atoms with Gasteiger partial charge in [0.25, 0.3) is 0 Å². The number of hydrogen-bond acceptors (Lipinski definition) is 4. The molecule has 0 aromatic rings. The van der Waals surface area contributed by atoms with Crippen LogP contribution in [-0.2, 0) is 9.53 Å². The van der Waals surface area contributed by atoms with Crippen molar-refractivity contribution in [3.05, 3.63) is 0 Å². The number of rotatable bonds is 6. The molecule has 5 nitrogen and oxygen atoms in total. The van der Waals surface area contributed by atoms with Gasteiger partial charge in [-0.25, -0.2) is 0 Å². The summed E-state index contributed by atoms with van der Waals surface area (Å²) in [5.74, 6) is 0.316. The summed E-state index contributed by atoms with van der Waals surface area (Å²) >= 11 is 0. The van der Waals surface area contributed by atoms with Gasteiger partial charge in [0.05, 0.1) is 11.6 Å². The minimum atomic E-state index is -0.619. The minimum Gasteiger partial charge on any atom is -0.380 e. The first-order valence-corrected chi connectivity index (χ1v) is 6.67. The van der Waals surface area contributed by atoms with E-state index in [4.69, 9.17) is 10.5 Å². The predicted octanol–water partition coefficient (Wildman–Crippen LogP) is 0.197. The van der Waals surface area contributed by atoms with Gasteiger partial charge in [0.15, 0.2) is 0 Å². The third kappa shape index (κ3) is 3.67. The van der Waals surface area contributed by atoms with Crippen molar-refractivity contribution in [1.29, 1.82) is 0 Å². The van der Waals surface area contributed by atoms with Gasteiger partial charge >= 0.3 is 0 Å². The van der Waals surface area contributed by atoms with Gasteiger partial charge in [0.1, 0.15) is 0 Å². The maximum atomic E-state index is 11.4. The molecule has 0 aromatic carbocycles. The van der Waals surface area contributed by atoms with Crippen LogP contribution >= 0.6 is 0 Å². The second-order valence-corrected chi connectivity index (χ2v) is 5.54. The molecule has 1 amide bonds. The highest BCUT2D eigenvalue weighted by molar-refractivity contribution is 5.84. The minimum absolute atomic E-state index is 0.293. The molecular weight excluding hydrogens is 230 g/mol. The summed E-state index contributed by atoms with van der Waals surface area (Å²) in [6, 6.07) is 0. The first-order valence-electron chi connectivity index (χ1n) is 6.67. The van der Waals surface area contributed by atoms with Crippen molar-refractivity contribution in [3.63, 3.8) is 0 Å².